The van der Waals surface area contributed by atoms with Crippen LogP contribution in [0.2, 0.25) is 0 Å². The van der Waals surface area contributed by atoms with Crippen molar-refractivity contribution in [2.75, 3.05) is 0 Å². The van der Waals surface area contributed by atoms with E-state index in [9.17, 15) is 0 Å². The van der Waals surface area contributed by atoms with Crippen LogP contribution in [0.3, 0.4) is 0 Å². The zero-order valence-corrected chi connectivity index (χ0v) is 8.09. The normalized spacial score (nSPS) is 15.8. The van der Waals surface area contributed by atoms with E-state index >= 15 is 0 Å². The van der Waals surface area contributed by atoms with Gasteiger partial charge in [0.2, 0.25) is 0 Å². The average molecular weight is 162 g/mol. The first-order chi connectivity index (χ1) is 5.79. The highest BCUT2D eigenvalue weighted by atomic mass is 14.1. The molecule has 0 nitrogen and oxygen atoms in total. The Morgan fingerprint density at radius 3 is 1.75 bits per heavy atom. The third-order valence-corrected chi connectivity index (χ3v) is 2.33. The van der Waals surface area contributed by atoms with E-state index in [1.54, 1.807) is 0 Å². The fourth-order valence-corrected chi connectivity index (χ4v) is 1.15. The molecule has 0 spiro atoms. The summed E-state index contributed by atoms with van der Waals surface area (Å²) in [5.74, 6) is 1.06. The fourth-order valence-electron chi connectivity index (χ4n) is 1.15. The Balaban J connectivity index is 0.000000127. The lowest BCUT2D eigenvalue weighted by molar-refractivity contribution is 0.346. The lowest BCUT2D eigenvalue weighted by atomic mass is 9.88. The highest BCUT2D eigenvalue weighted by Gasteiger charge is 2.09. The highest BCUT2D eigenvalue weighted by Crippen LogP contribution is 2.24. The van der Waals surface area contributed by atoms with Crippen molar-refractivity contribution in [1.82, 2.24) is 0 Å². The van der Waals surface area contributed by atoms with Gasteiger partial charge < -0.3 is 0 Å². The number of hydrogen-bond donors (Lipinski definition) is 0. The van der Waals surface area contributed by atoms with E-state index in [1.165, 1.54) is 24.8 Å². The molecule has 1 aromatic rings. The predicted molar refractivity (Wildman–Crippen MR) is 54.2 cm³/mol. The molecule has 1 fully saturated rings. The maximum absolute atomic E-state index is 2.31. The molecule has 0 bridgehead atoms. The van der Waals surface area contributed by atoms with E-state index in [2.05, 4.69) is 26.0 Å². The standard InChI is InChI=1S/C7H8.C5H10/c1-7-5-3-2-4-6-7;1-5-3-2-4-5/h2-6H,1H3;5H,2-4H2,1H3. The van der Waals surface area contributed by atoms with Crippen molar-refractivity contribution in [1.29, 1.82) is 0 Å². The highest BCUT2D eigenvalue weighted by molar-refractivity contribution is 5.11. The first-order valence-corrected chi connectivity index (χ1v) is 4.80. The molecule has 0 aromatic heterocycles. The summed E-state index contributed by atoms with van der Waals surface area (Å²) >= 11 is 0. The molecule has 66 valence electrons. The molecule has 0 atom stereocenters. The number of hydrogen-bond acceptors (Lipinski definition) is 0. The van der Waals surface area contributed by atoms with Gasteiger partial charge in [-0.3, -0.25) is 0 Å². The van der Waals surface area contributed by atoms with Gasteiger partial charge in [-0.2, -0.15) is 0 Å². The Kier molecular flexibility index (Phi) is 3.86. The zero-order valence-electron chi connectivity index (χ0n) is 8.09. The van der Waals surface area contributed by atoms with E-state index < -0.39 is 0 Å². The lowest BCUT2D eigenvalue weighted by Crippen LogP contribution is -2.04. The third kappa shape index (κ3) is 3.56. The van der Waals surface area contributed by atoms with Crippen molar-refractivity contribution >= 4 is 0 Å². The van der Waals surface area contributed by atoms with Crippen LogP contribution in [0.5, 0.6) is 0 Å². The van der Waals surface area contributed by atoms with Gasteiger partial charge in [0.15, 0.2) is 0 Å². The van der Waals surface area contributed by atoms with Crippen LogP contribution in [-0.4, -0.2) is 0 Å². The van der Waals surface area contributed by atoms with Crippen LogP contribution >= 0.6 is 0 Å². The number of benzene rings is 1. The Labute approximate surface area is 75.6 Å². The van der Waals surface area contributed by atoms with E-state index in [0.717, 1.165) is 5.92 Å². The molecule has 0 aliphatic heterocycles. The fraction of sp³-hybridized carbons (Fsp3) is 0.500. The van der Waals surface area contributed by atoms with Gasteiger partial charge in [-0.1, -0.05) is 62.1 Å². The minimum absolute atomic E-state index is 1.06. The second kappa shape index (κ2) is 4.97. The average Bonchev–Trinajstić information content (AvgIpc) is 2.04. The molecule has 2 rings (SSSR count). The minimum Gasteiger partial charge on any atom is -0.0625 e. The van der Waals surface area contributed by atoms with E-state index in [0.29, 0.717) is 0 Å². The Morgan fingerprint density at radius 1 is 1.08 bits per heavy atom. The monoisotopic (exact) mass is 162 g/mol. The summed E-state index contributed by atoms with van der Waals surface area (Å²) in [5, 5.41) is 0. The van der Waals surface area contributed by atoms with Gasteiger partial charge in [0.25, 0.3) is 0 Å². The van der Waals surface area contributed by atoms with Crippen LogP contribution in [0.4, 0.5) is 0 Å². The molecule has 0 saturated heterocycles. The lowest BCUT2D eigenvalue weighted by Gasteiger charge is -2.18. The first kappa shape index (κ1) is 9.31. The molecule has 0 heterocycles. The maximum atomic E-state index is 2.31. The van der Waals surface area contributed by atoms with Crippen LogP contribution in [0.1, 0.15) is 31.7 Å². The molecule has 12 heavy (non-hydrogen) atoms. The molecular weight excluding hydrogens is 144 g/mol. The third-order valence-electron chi connectivity index (χ3n) is 2.33. The molecule has 0 radical (unpaired) electrons. The smallest absolute Gasteiger partial charge is 0.0398 e. The Hall–Kier alpha value is -0.780. The van der Waals surface area contributed by atoms with Crippen molar-refractivity contribution in [3.8, 4) is 0 Å². The van der Waals surface area contributed by atoms with Crippen LogP contribution in [0.25, 0.3) is 0 Å². The van der Waals surface area contributed by atoms with E-state index in [1.807, 2.05) is 18.2 Å². The molecule has 1 aliphatic rings. The molecule has 0 unspecified atom stereocenters. The van der Waals surface area contributed by atoms with Gasteiger partial charge in [0.05, 0.1) is 0 Å². The quantitative estimate of drug-likeness (QED) is 0.544. The molecule has 0 N–H and O–H groups in total. The topological polar surface area (TPSA) is 0 Å². The van der Waals surface area contributed by atoms with Gasteiger partial charge in [-0.15, -0.1) is 0 Å². The number of rotatable bonds is 0. The van der Waals surface area contributed by atoms with E-state index in [4.69, 9.17) is 0 Å². The molecule has 1 aromatic carbocycles. The molecular formula is C12H18. The molecule has 0 heteroatoms. The summed E-state index contributed by atoms with van der Waals surface area (Å²) < 4.78 is 0. The first-order valence-electron chi connectivity index (χ1n) is 4.80. The molecule has 1 aliphatic carbocycles. The van der Waals surface area contributed by atoms with Crippen molar-refractivity contribution in [3.05, 3.63) is 35.9 Å². The van der Waals surface area contributed by atoms with Gasteiger partial charge in [-0.25, -0.2) is 0 Å². The Bertz CT molecular complexity index is 197. The van der Waals surface area contributed by atoms with Crippen molar-refractivity contribution < 1.29 is 0 Å². The van der Waals surface area contributed by atoms with Crippen LogP contribution < -0.4 is 0 Å². The summed E-state index contributed by atoms with van der Waals surface area (Å²) in [7, 11) is 0. The minimum atomic E-state index is 1.06. The summed E-state index contributed by atoms with van der Waals surface area (Å²) in [6, 6.07) is 10.3. The Morgan fingerprint density at radius 2 is 1.58 bits per heavy atom. The maximum Gasteiger partial charge on any atom is -0.0398 e. The second-order valence-corrected chi connectivity index (χ2v) is 3.69. The van der Waals surface area contributed by atoms with Gasteiger partial charge in [0, 0.05) is 0 Å². The molecule has 1 saturated carbocycles. The SMILES string of the molecule is CC1CCC1.Cc1ccccc1. The van der Waals surface area contributed by atoms with E-state index in [-0.39, 0.29) is 0 Å². The largest absolute Gasteiger partial charge is 0.0625 e. The van der Waals surface area contributed by atoms with Crippen LogP contribution in [-0.2, 0) is 0 Å². The van der Waals surface area contributed by atoms with Gasteiger partial charge in [-0.05, 0) is 12.8 Å². The van der Waals surface area contributed by atoms with Gasteiger partial charge in [0.1, 0.15) is 0 Å². The predicted octanol–water partition coefficient (Wildman–Crippen LogP) is 3.80. The second-order valence-electron chi connectivity index (χ2n) is 3.69. The number of aryl methyl sites for hydroxylation is 1. The van der Waals surface area contributed by atoms with Crippen molar-refractivity contribution in [2.24, 2.45) is 5.92 Å². The van der Waals surface area contributed by atoms with Crippen molar-refractivity contribution in [2.45, 2.75) is 33.1 Å². The van der Waals surface area contributed by atoms with Crippen molar-refractivity contribution in [3.63, 3.8) is 0 Å². The van der Waals surface area contributed by atoms with Crippen LogP contribution in [0, 0.1) is 12.8 Å². The molecule has 0 amide bonds. The summed E-state index contributed by atoms with van der Waals surface area (Å²) in [5.41, 5.74) is 1.32. The summed E-state index contributed by atoms with van der Waals surface area (Å²) in [6.45, 7) is 4.39. The summed E-state index contributed by atoms with van der Waals surface area (Å²) in [6.07, 6.45) is 4.46. The van der Waals surface area contributed by atoms with Crippen LogP contribution in [0.15, 0.2) is 30.3 Å². The summed E-state index contributed by atoms with van der Waals surface area (Å²) in [4.78, 5) is 0. The zero-order chi connectivity index (χ0) is 8.81. The van der Waals surface area contributed by atoms with Gasteiger partial charge >= 0.3 is 0 Å².